The first-order valence-corrected chi connectivity index (χ1v) is 9.50. The van der Waals surface area contributed by atoms with Crippen LogP contribution in [0.2, 0.25) is 0 Å². The number of hydrogen-bond acceptors (Lipinski definition) is 4. The first-order chi connectivity index (χ1) is 12.1. The van der Waals surface area contributed by atoms with Crippen LogP contribution in [0.1, 0.15) is 28.8 Å². The lowest BCUT2D eigenvalue weighted by atomic mass is 10.0. The van der Waals surface area contributed by atoms with Crippen molar-refractivity contribution in [1.82, 2.24) is 5.32 Å². The van der Waals surface area contributed by atoms with Crippen molar-refractivity contribution in [3.63, 3.8) is 0 Å². The Morgan fingerprint density at radius 2 is 2.16 bits per heavy atom. The number of aliphatic hydroxyl groups is 1. The highest BCUT2D eigenvalue weighted by molar-refractivity contribution is 7.11. The van der Waals surface area contributed by atoms with Crippen LogP contribution in [0.25, 0.3) is 6.08 Å². The Morgan fingerprint density at radius 3 is 2.84 bits per heavy atom. The van der Waals surface area contributed by atoms with Gasteiger partial charge in [-0.15, -0.1) is 11.3 Å². The number of thiophene rings is 1. The van der Waals surface area contributed by atoms with Crippen molar-refractivity contribution in [1.29, 1.82) is 0 Å². The minimum Gasteiger partial charge on any atom is -0.392 e. The molecule has 2 N–H and O–H groups in total. The van der Waals surface area contributed by atoms with E-state index >= 15 is 0 Å². The van der Waals surface area contributed by atoms with E-state index in [1.165, 1.54) is 22.6 Å². The fourth-order valence-corrected chi connectivity index (χ4v) is 3.87. The summed E-state index contributed by atoms with van der Waals surface area (Å²) in [6.07, 6.45) is 5.31. The monoisotopic (exact) mass is 356 g/mol. The third kappa shape index (κ3) is 4.94. The van der Waals surface area contributed by atoms with Gasteiger partial charge in [0.15, 0.2) is 0 Å². The summed E-state index contributed by atoms with van der Waals surface area (Å²) in [5.41, 5.74) is 3.42. The van der Waals surface area contributed by atoms with Gasteiger partial charge >= 0.3 is 0 Å². The number of nitrogens with zero attached hydrogens (tertiary/aromatic N) is 1. The molecule has 0 spiro atoms. The number of piperidine rings is 1. The van der Waals surface area contributed by atoms with Gasteiger partial charge in [-0.3, -0.25) is 4.79 Å². The lowest BCUT2D eigenvalue weighted by Gasteiger charge is -2.34. The number of rotatable bonds is 5. The standard InChI is InChI=1S/C20H24N2O2S/c1-15-3-2-4-18(11-15)22-9-7-17(8-10-22)21-20(24)6-5-19-12-16(13-23)14-25-19/h2-6,11-12,14,17,23H,7-10,13H2,1H3,(H,21,24)/b6-5+. The maximum atomic E-state index is 12.1. The van der Waals surface area contributed by atoms with E-state index in [2.05, 4.69) is 41.4 Å². The predicted octanol–water partition coefficient (Wildman–Crippen LogP) is 3.35. The van der Waals surface area contributed by atoms with Gasteiger partial charge in [0.2, 0.25) is 5.91 Å². The molecule has 0 radical (unpaired) electrons. The summed E-state index contributed by atoms with van der Waals surface area (Å²) in [6.45, 7) is 4.07. The fourth-order valence-electron chi connectivity index (χ4n) is 3.08. The molecule has 4 nitrogen and oxygen atoms in total. The summed E-state index contributed by atoms with van der Waals surface area (Å²) in [4.78, 5) is 15.5. The first-order valence-electron chi connectivity index (χ1n) is 8.62. The maximum Gasteiger partial charge on any atom is 0.244 e. The second-order valence-corrected chi connectivity index (χ2v) is 7.40. The highest BCUT2D eigenvalue weighted by Gasteiger charge is 2.20. The van der Waals surface area contributed by atoms with E-state index in [4.69, 9.17) is 5.11 Å². The van der Waals surface area contributed by atoms with Crippen molar-refractivity contribution in [3.8, 4) is 0 Å². The highest BCUT2D eigenvalue weighted by Crippen LogP contribution is 2.21. The summed E-state index contributed by atoms with van der Waals surface area (Å²) in [5.74, 6) is -0.0482. The Labute approximate surface area is 152 Å². The molecule has 1 aromatic heterocycles. The van der Waals surface area contributed by atoms with Gasteiger partial charge in [-0.25, -0.2) is 0 Å². The molecule has 1 fully saturated rings. The molecule has 0 saturated carbocycles. The largest absolute Gasteiger partial charge is 0.392 e. The summed E-state index contributed by atoms with van der Waals surface area (Å²) in [5, 5.41) is 14.1. The van der Waals surface area contributed by atoms with Crippen molar-refractivity contribution in [2.45, 2.75) is 32.4 Å². The Kier molecular flexibility index (Phi) is 5.89. The van der Waals surface area contributed by atoms with Crippen LogP contribution in [0.15, 0.2) is 41.8 Å². The zero-order chi connectivity index (χ0) is 17.6. The van der Waals surface area contributed by atoms with Gasteiger partial charge in [-0.2, -0.15) is 0 Å². The van der Waals surface area contributed by atoms with Crippen LogP contribution >= 0.6 is 11.3 Å². The number of carbonyl (C=O) groups is 1. The van der Waals surface area contributed by atoms with Crippen molar-refractivity contribution < 1.29 is 9.90 Å². The molecule has 1 saturated heterocycles. The lowest BCUT2D eigenvalue weighted by Crippen LogP contribution is -2.44. The van der Waals surface area contributed by atoms with E-state index in [-0.39, 0.29) is 18.6 Å². The number of amides is 1. The van der Waals surface area contributed by atoms with Gasteiger partial charge in [-0.1, -0.05) is 12.1 Å². The second kappa shape index (κ2) is 8.32. The Balaban J connectivity index is 1.47. The van der Waals surface area contributed by atoms with Gasteiger partial charge in [0.05, 0.1) is 6.61 Å². The third-order valence-corrected chi connectivity index (χ3v) is 5.41. The van der Waals surface area contributed by atoms with E-state index in [9.17, 15) is 4.79 Å². The number of benzene rings is 1. The zero-order valence-corrected chi connectivity index (χ0v) is 15.3. The highest BCUT2D eigenvalue weighted by atomic mass is 32.1. The van der Waals surface area contributed by atoms with Crippen LogP contribution < -0.4 is 10.2 Å². The van der Waals surface area contributed by atoms with E-state index in [1.54, 1.807) is 12.2 Å². The molecule has 132 valence electrons. The quantitative estimate of drug-likeness (QED) is 0.808. The molecular formula is C20H24N2O2S. The zero-order valence-electron chi connectivity index (χ0n) is 14.4. The van der Waals surface area contributed by atoms with Crippen molar-refractivity contribution in [2.75, 3.05) is 18.0 Å². The summed E-state index contributed by atoms with van der Waals surface area (Å²) < 4.78 is 0. The molecule has 0 unspecified atom stereocenters. The lowest BCUT2D eigenvalue weighted by molar-refractivity contribution is -0.117. The van der Waals surface area contributed by atoms with Crippen molar-refractivity contribution >= 4 is 29.0 Å². The first kappa shape index (κ1) is 17.7. The SMILES string of the molecule is Cc1cccc(N2CCC(NC(=O)/C=C/c3cc(CO)cs3)CC2)c1. The Bertz CT molecular complexity index is 746. The van der Waals surface area contributed by atoms with Crippen LogP contribution in [0.5, 0.6) is 0 Å². The van der Waals surface area contributed by atoms with Gasteiger partial charge in [0, 0.05) is 35.8 Å². The van der Waals surface area contributed by atoms with Crippen LogP contribution in [-0.4, -0.2) is 30.1 Å². The molecule has 3 rings (SSSR count). The molecule has 1 aromatic carbocycles. The average Bonchev–Trinajstić information content (AvgIpc) is 3.09. The molecule has 1 aliphatic rings. The van der Waals surface area contributed by atoms with Gasteiger partial charge < -0.3 is 15.3 Å². The molecule has 2 heterocycles. The Morgan fingerprint density at radius 1 is 1.36 bits per heavy atom. The molecule has 0 atom stereocenters. The molecule has 1 amide bonds. The van der Waals surface area contributed by atoms with E-state index in [0.29, 0.717) is 0 Å². The Hall–Kier alpha value is -2.11. The minimum absolute atomic E-state index is 0.0377. The number of anilines is 1. The normalized spacial score (nSPS) is 15.7. The molecule has 5 heteroatoms. The predicted molar refractivity (Wildman–Crippen MR) is 104 cm³/mol. The third-order valence-electron chi connectivity index (χ3n) is 4.46. The van der Waals surface area contributed by atoms with Crippen molar-refractivity contribution in [3.05, 3.63) is 57.8 Å². The molecule has 0 aliphatic carbocycles. The van der Waals surface area contributed by atoms with E-state index in [0.717, 1.165) is 36.4 Å². The fraction of sp³-hybridized carbons (Fsp3) is 0.350. The topological polar surface area (TPSA) is 52.6 Å². The van der Waals surface area contributed by atoms with Crippen LogP contribution in [0.4, 0.5) is 5.69 Å². The average molecular weight is 356 g/mol. The number of hydrogen-bond donors (Lipinski definition) is 2. The van der Waals surface area contributed by atoms with Crippen LogP contribution in [0, 0.1) is 6.92 Å². The van der Waals surface area contributed by atoms with Crippen LogP contribution in [-0.2, 0) is 11.4 Å². The summed E-state index contributed by atoms with van der Waals surface area (Å²) >= 11 is 1.53. The van der Waals surface area contributed by atoms with Gasteiger partial charge in [0.1, 0.15) is 0 Å². The maximum absolute atomic E-state index is 12.1. The van der Waals surface area contributed by atoms with E-state index in [1.807, 2.05) is 11.4 Å². The number of nitrogens with one attached hydrogen (secondary N) is 1. The molecule has 1 aliphatic heterocycles. The molecule has 2 aromatic rings. The van der Waals surface area contributed by atoms with Gasteiger partial charge in [0.25, 0.3) is 0 Å². The summed E-state index contributed by atoms with van der Waals surface area (Å²) in [7, 11) is 0. The van der Waals surface area contributed by atoms with Gasteiger partial charge in [-0.05, 0) is 60.5 Å². The molecular weight excluding hydrogens is 332 g/mol. The van der Waals surface area contributed by atoms with E-state index < -0.39 is 0 Å². The summed E-state index contributed by atoms with van der Waals surface area (Å²) in [6, 6.07) is 10.7. The van der Waals surface area contributed by atoms with Crippen molar-refractivity contribution in [2.24, 2.45) is 0 Å². The second-order valence-electron chi connectivity index (χ2n) is 6.46. The molecule has 25 heavy (non-hydrogen) atoms. The number of carbonyl (C=O) groups excluding carboxylic acids is 1. The molecule has 0 bridgehead atoms. The minimum atomic E-state index is -0.0482. The number of aliphatic hydroxyl groups excluding tert-OH is 1. The number of aryl methyl sites for hydroxylation is 1. The smallest absolute Gasteiger partial charge is 0.244 e. The van der Waals surface area contributed by atoms with Crippen LogP contribution in [0.3, 0.4) is 0 Å².